The Morgan fingerprint density at radius 1 is 1.28 bits per heavy atom. The molecule has 1 aromatic carbocycles. The van der Waals surface area contributed by atoms with Crippen molar-refractivity contribution in [1.29, 1.82) is 0 Å². The van der Waals surface area contributed by atoms with Crippen molar-refractivity contribution in [1.82, 2.24) is 10.2 Å². The van der Waals surface area contributed by atoms with Crippen molar-refractivity contribution in [2.45, 2.75) is 12.3 Å². The molecule has 1 unspecified atom stereocenters. The zero-order valence-corrected chi connectivity index (χ0v) is 11.2. The van der Waals surface area contributed by atoms with Gasteiger partial charge in [-0.3, -0.25) is 0 Å². The molecule has 0 saturated carbocycles. The van der Waals surface area contributed by atoms with E-state index in [9.17, 15) is 0 Å². The van der Waals surface area contributed by atoms with Gasteiger partial charge in [0.05, 0.1) is 17.7 Å². The van der Waals surface area contributed by atoms with Crippen molar-refractivity contribution in [2.24, 2.45) is 0 Å². The lowest BCUT2D eigenvalue weighted by Gasteiger charge is -2.12. The third-order valence-electron chi connectivity index (χ3n) is 2.71. The minimum absolute atomic E-state index is 0.0862. The van der Waals surface area contributed by atoms with E-state index in [4.69, 9.17) is 16.3 Å². The summed E-state index contributed by atoms with van der Waals surface area (Å²) in [4.78, 5) is 0. The summed E-state index contributed by atoms with van der Waals surface area (Å²) in [5.74, 6) is 0.762. The number of fused-ring (bicyclic) bond motifs is 1. The summed E-state index contributed by atoms with van der Waals surface area (Å²) < 4.78 is 4.99. The Kier molecular flexibility index (Phi) is 4.33. The van der Waals surface area contributed by atoms with Crippen LogP contribution in [0.5, 0.6) is 0 Å². The first-order valence-electron chi connectivity index (χ1n) is 5.81. The zero-order chi connectivity index (χ0) is 13.0. The van der Waals surface area contributed by atoms with Gasteiger partial charge >= 0.3 is 0 Å². The smallest absolute Gasteiger partial charge is 0.156 e. The van der Waals surface area contributed by atoms with E-state index in [-0.39, 0.29) is 5.38 Å². The van der Waals surface area contributed by atoms with Crippen LogP contribution in [0.1, 0.15) is 5.69 Å². The molecule has 1 heterocycles. The van der Waals surface area contributed by atoms with Crippen molar-refractivity contribution in [3.8, 4) is 0 Å². The highest BCUT2D eigenvalue weighted by Crippen LogP contribution is 2.22. The largest absolute Gasteiger partial charge is 0.383 e. The van der Waals surface area contributed by atoms with Gasteiger partial charge < -0.3 is 10.1 Å². The van der Waals surface area contributed by atoms with Crippen LogP contribution in [-0.2, 0) is 4.74 Å². The van der Waals surface area contributed by atoms with Gasteiger partial charge in [0.2, 0.25) is 0 Å². The van der Waals surface area contributed by atoms with Gasteiger partial charge in [-0.05, 0) is 6.92 Å². The second-order valence-corrected chi connectivity index (χ2v) is 4.73. The van der Waals surface area contributed by atoms with E-state index in [1.165, 1.54) is 0 Å². The molecule has 0 aliphatic heterocycles. The molecule has 5 heteroatoms. The van der Waals surface area contributed by atoms with E-state index in [0.29, 0.717) is 13.2 Å². The van der Waals surface area contributed by atoms with E-state index in [1.54, 1.807) is 7.11 Å². The van der Waals surface area contributed by atoms with Gasteiger partial charge in [-0.15, -0.1) is 16.7 Å². The molecule has 0 spiro atoms. The minimum Gasteiger partial charge on any atom is -0.383 e. The number of rotatable bonds is 5. The molecule has 0 radical (unpaired) electrons. The van der Waals surface area contributed by atoms with Crippen LogP contribution in [0.25, 0.3) is 10.8 Å². The van der Waals surface area contributed by atoms with Crippen molar-refractivity contribution in [3.05, 3.63) is 30.0 Å². The lowest BCUT2D eigenvalue weighted by Crippen LogP contribution is -2.19. The van der Waals surface area contributed by atoms with Gasteiger partial charge in [0.1, 0.15) is 0 Å². The summed E-state index contributed by atoms with van der Waals surface area (Å²) in [6, 6.07) is 8.05. The first-order chi connectivity index (χ1) is 8.72. The standard InChI is InChI=1S/C13H16ClN3O/c1-9-11-5-3-4-6-12(11)13(17-16-9)15-7-10(14)8-18-2/h3-6,10H,7-8H2,1-2H3,(H,15,17). The van der Waals surface area contributed by atoms with Gasteiger partial charge in [0, 0.05) is 24.4 Å². The normalized spacial score (nSPS) is 12.6. The van der Waals surface area contributed by atoms with Gasteiger partial charge in [-0.25, -0.2) is 0 Å². The molecular formula is C13H16ClN3O. The first kappa shape index (κ1) is 13.1. The van der Waals surface area contributed by atoms with Crippen molar-refractivity contribution in [2.75, 3.05) is 25.6 Å². The zero-order valence-electron chi connectivity index (χ0n) is 10.5. The number of ether oxygens (including phenoxy) is 1. The van der Waals surface area contributed by atoms with Crippen LogP contribution < -0.4 is 5.32 Å². The van der Waals surface area contributed by atoms with E-state index >= 15 is 0 Å². The van der Waals surface area contributed by atoms with Crippen LogP contribution in [0.3, 0.4) is 0 Å². The van der Waals surface area contributed by atoms with E-state index in [2.05, 4.69) is 15.5 Å². The fourth-order valence-corrected chi connectivity index (χ4v) is 2.02. The molecule has 0 bridgehead atoms. The summed E-state index contributed by atoms with van der Waals surface area (Å²) in [5.41, 5.74) is 0.926. The lowest BCUT2D eigenvalue weighted by atomic mass is 10.1. The van der Waals surface area contributed by atoms with Crippen LogP contribution in [-0.4, -0.2) is 35.8 Å². The Hall–Kier alpha value is -1.39. The summed E-state index contributed by atoms with van der Waals surface area (Å²) in [5, 5.41) is 13.6. The molecule has 0 aliphatic carbocycles. The molecule has 1 atom stereocenters. The molecule has 0 fully saturated rings. The molecule has 0 amide bonds. The molecule has 2 rings (SSSR count). The summed E-state index contributed by atoms with van der Waals surface area (Å²) in [7, 11) is 1.64. The predicted octanol–water partition coefficient (Wildman–Crippen LogP) is 2.60. The Morgan fingerprint density at radius 3 is 2.72 bits per heavy atom. The fraction of sp³-hybridized carbons (Fsp3) is 0.385. The van der Waals surface area contributed by atoms with Crippen LogP contribution in [0.15, 0.2) is 24.3 Å². The molecule has 0 saturated heterocycles. The van der Waals surface area contributed by atoms with E-state index in [0.717, 1.165) is 22.3 Å². The third-order valence-corrected chi connectivity index (χ3v) is 2.99. The monoisotopic (exact) mass is 265 g/mol. The molecule has 1 N–H and O–H groups in total. The maximum absolute atomic E-state index is 6.08. The fourth-order valence-electron chi connectivity index (χ4n) is 1.82. The van der Waals surface area contributed by atoms with Crippen LogP contribution in [0.4, 0.5) is 5.82 Å². The lowest BCUT2D eigenvalue weighted by molar-refractivity contribution is 0.200. The van der Waals surface area contributed by atoms with Crippen LogP contribution in [0, 0.1) is 6.92 Å². The highest BCUT2D eigenvalue weighted by Gasteiger charge is 2.08. The molecule has 18 heavy (non-hydrogen) atoms. The molecule has 1 aromatic heterocycles. The predicted molar refractivity (Wildman–Crippen MR) is 74.3 cm³/mol. The summed E-state index contributed by atoms with van der Waals surface area (Å²) >= 11 is 6.08. The highest BCUT2D eigenvalue weighted by atomic mass is 35.5. The van der Waals surface area contributed by atoms with Crippen molar-refractivity contribution in [3.63, 3.8) is 0 Å². The van der Waals surface area contributed by atoms with E-state index < -0.39 is 0 Å². The Balaban J connectivity index is 2.21. The SMILES string of the molecule is COCC(Cl)CNc1nnc(C)c2ccccc12. The number of hydrogen-bond donors (Lipinski definition) is 1. The van der Waals surface area contributed by atoms with Gasteiger partial charge in [-0.1, -0.05) is 24.3 Å². The van der Waals surface area contributed by atoms with Crippen molar-refractivity contribution < 1.29 is 4.74 Å². The third kappa shape index (κ3) is 2.89. The second-order valence-electron chi connectivity index (χ2n) is 4.11. The highest BCUT2D eigenvalue weighted by molar-refractivity contribution is 6.21. The Bertz CT molecular complexity index is 533. The van der Waals surface area contributed by atoms with Gasteiger partial charge in [0.15, 0.2) is 5.82 Å². The van der Waals surface area contributed by atoms with E-state index in [1.807, 2.05) is 31.2 Å². The molecular weight excluding hydrogens is 250 g/mol. The number of aromatic nitrogens is 2. The average molecular weight is 266 g/mol. The molecule has 96 valence electrons. The minimum atomic E-state index is -0.0862. The Morgan fingerprint density at radius 2 is 2.00 bits per heavy atom. The molecule has 2 aromatic rings. The summed E-state index contributed by atoms with van der Waals surface area (Å²) in [6.45, 7) is 3.05. The topological polar surface area (TPSA) is 47.0 Å². The first-order valence-corrected chi connectivity index (χ1v) is 6.25. The number of benzene rings is 1. The second kappa shape index (κ2) is 5.98. The van der Waals surface area contributed by atoms with Crippen LogP contribution in [0.2, 0.25) is 0 Å². The number of anilines is 1. The molecule has 0 aliphatic rings. The number of aryl methyl sites for hydroxylation is 1. The number of alkyl halides is 1. The number of nitrogens with one attached hydrogen (secondary N) is 1. The molecule has 4 nitrogen and oxygen atoms in total. The number of hydrogen-bond acceptors (Lipinski definition) is 4. The maximum atomic E-state index is 6.08. The van der Waals surface area contributed by atoms with Gasteiger partial charge in [0.25, 0.3) is 0 Å². The maximum Gasteiger partial charge on any atom is 0.156 e. The Labute approximate surface area is 111 Å². The number of halogens is 1. The quantitative estimate of drug-likeness (QED) is 0.845. The van der Waals surface area contributed by atoms with Crippen molar-refractivity contribution >= 4 is 28.2 Å². The summed E-state index contributed by atoms with van der Waals surface area (Å²) in [6.07, 6.45) is 0. The number of methoxy groups -OCH3 is 1. The average Bonchev–Trinajstić information content (AvgIpc) is 2.39. The van der Waals surface area contributed by atoms with Crippen LogP contribution >= 0.6 is 11.6 Å². The number of nitrogens with zero attached hydrogens (tertiary/aromatic N) is 2. The van der Waals surface area contributed by atoms with Gasteiger partial charge in [-0.2, -0.15) is 5.10 Å².